The minimum atomic E-state index is -0.977. The molecule has 4 nitrogen and oxygen atoms in total. The molecule has 3 aromatic rings. The molecule has 5 heteroatoms. The van der Waals surface area contributed by atoms with Crippen molar-refractivity contribution in [1.29, 1.82) is 0 Å². The first-order valence-electron chi connectivity index (χ1n) is 11.6. The summed E-state index contributed by atoms with van der Waals surface area (Å²) in [5.41, 5.74) is 2.34. The molecule has 1 saturated carbocycles. The maximum Gasteiger partial charge on any atom is 0.349 e. The fraction of sp³-hybridized carbons (Fsp3) is 0.444. The zero-order valence-corrected chi connectivity index (χ0v) is 20.0. The highest BCUT2D eigenvalue weighted by Gasteiger charge is 2.24. The number of aromatic carboxylic acids is 1. The third-order valence-electron chi connectivity index (χ3n) is 6.67. The van der Waals surface area contributed by atoms with Crippen LogP contribution >= 0.6 is 11.3 Å². The molecule has 0 spiro atoms. The fourth-order valence-corrected chi connectivity index (χ4v) is 5.99. The molecule has 0 radical (unpaired) electrons. The van der Waals surface area contributed by atoms with E-state index in [2.05, 4.69) is 19.1 Å². The molecule has 0 aliphatic heterocycles. The Kier molecular flexibility index (Phi) is 7.04. The van der Waals surface area contributed by atoms with Crippen LogP contribution in [0.1, 0.15) is 78.6 Å². The molecule has 0 amide bonds. The first-order chi connectivity index (χ1) is 15.5. The summed E-state index contributed by atoms with van der Waals surface area (Å²) in [4.78, 5) is 12.1. The fourth-order valence-electron chi connectivity index (χ4n) is 4.94. The van der Waals surface area contributed by atoms with Gasteiger partial charge in [0.1, 0.15) is 11.5 Å². The lowest BCUT2D eigenvalue weighted by atomic mass is 9.76. The van der Waals surface area contributed by atoms with Crippen LogP contribution in [-0.4, -0.2) is 18.2 Å². The lowest BCUT2D eigenvalue weighted by Gasteiger charge is -2.29. The molecule has 1 aromatic heterocycles. The molecule has 1 fully saturated rings. The van der Waals surface area contributed by atoms with Gasteiger partial charge in [-0.05, 0) is 67.0 Å². The van der Waals surface area contributed by atoms with Crippen molar-refractivity contribution < 1.29 is 19.4 Å². The van der Waals surface area contributed by atoms with Crippen molar-refractivity contribution in [2.24, 2.45) is 5.92 Å². The molecular formula is C27H32O4S. The van der Waals surface area contributed by atoms with Gasteiger partial charge in [0.05, 0.1) is 7.11 Å². The number of carboxylic acid groups (broad SMARTS) is 1. The van der Waals surface area contributed by atoms with E-state index in [-0.39, 0.29) is 4.88 Å². The second kappa shape index (κ2) is 9.95. The number of unbranched alkanes of at least 4 members (excludes halogenated alkanes) is 1. The summed E-state index contributed by atoms with van der Waals surface area (Å²) in [7, 11) is 1.62. The number of fused-ring (bicyclic) bond motifs is 1. The highest BCUT2D eigenvalue weighted by atomic mass is 32.1. The molecule has 1 N–H and O–H groups in total. The van der Waals surface area contributed by atoms with Gasteiger partial charge in [-0.25, -0.2) is 4.79 Å². The lowest BCUT2D eigenvalue weighted by molar-refractivity contribution is 0.0700. The predicted molar refractivity (Wildman–Crippen MR) is 131 cm³/mol. The Balaban J connectivity index is 1.57. The number of thiophene rings is 1. The lowest BCUT2D eigenvalue weighted by Crippen LogP contribution is -2.14. The van der Waals surface area contributed by atoms with E-state index in [0.29, 0.717) is 17.4 Å². The number of ether oxygens (including phenoxy) is 2. The molecule has 2 atom stereocenters. The summed E-state index contributed by atoms with van der Waals surface area (Å²) in [6.07, 6.45) is 9.15. The second-order valence-electron chi connectivity index (χ2n) is 8.93. The second-order valence-corrected chi connectivity index (χ2v) is 9.98. The van der Waals surface area contributed by atoms with Crippen LogP contribution in [0.3, 0.4) is 0 Å². The van der Waals surface area contributed by atoms with Gasteiger partial charge in [0.15, 0.2) is 10.6 Å². The standard InChI is InChI=1S/C27H32O4S/c1-4-5-7-18-8-6-9-20(15-18)19-10-12-21(13-11-19)31-25-22-16-23(30-3)17(2)14-24(22)32-26(25)27(28)29/h10-14,16,18,20H,4-9,15H2,1-3H3,(H,28,29). The first kappa shape index (κ1) is 22.7. The maximum atomic E-state index is 11.9. The van der Waals surface area contributed by atoms with Gasteiger partial charge in [-0.3, -0.25) is 0 Å². The number of methoxy groups -OCH3 is 1. The largest absolute Gasteiger partial charge is 0.496 e. The summed E-state index contributed by atoms with van der Waals surface area (Å²) in [6.45, 7) is 4.22. The van der Waals surface area contributed by atoms with Crippen LogP contribution in [0, 0.1) is 12.8 Å². The highest BCUT2D eigenvalue weighted by molar-refractivity contribution is 7.21. The van der Waals surface area contributed by atoms with Crippen molar-refractivity contribution in [3.8, 4) is 17.2 Å². The zero-order chi connectivity index (χ0) is 22.7. The van der Waals surface area contributed by atoms with E-state index in [4.69, 9.17) is 9.47 Å². The summed E-state index contributed by atoms with van der Waals surface area (Å²) in [6, 6.07) is 12.1. The van der Waals surface area contributed by atoms with Crippen molar-refractivity contribution in [3.05, 3.63) is 52.4 Å². The average molecular weight is 453 g/mol. The van der Waals surface area contributed by atoms with Crippen molar-refractivity contribution in [3.63, 3.8) is 0 Å². The maximum absolute atomic E-state index is 11.9. The minimum absolute atomic E-state index is 0.211. The molecule has 0 bridgehead atoms. The van der Waals surface area contributed by atoms with Crippen LogP contribution in [0.4, 0.5) is 0 Å². The van der Waals surface area contributed by atoms with E-state index in [1.165, 1.54) is 61.8 Å². The minimum Gasteiger partial charge on any atom is -0.496 e. The van der Waals surface area contributed by atoms with Gasteiger partial charge < -0.3 is 14.6 Å². The third-order valence-corrected chi connectivity index (χ3v) is 7.80. The number of carboxylic acids is 1. The van der Waals surface area contributed by atoms with Crippen LogP contribution in [-0.2, 0) is 0 Å². The van der Waals surface area contributed by atoms with Gasteiger partial charge in [0, 0.05) is 10.1 Å². The van der Waals surface area contributed by atoms with E-state index in [1.54, 1.807) is 7.11 Å². The van der Waals surface area contributed by atoms with E-state index >= 15 is 0 Å². The summed E-state index contributed by atoms with van der Waals surface area (Å²) >= 11 is 1.24. The van der Waals surface area contributed by atoms with Gasteiger partial charge in [0.25, 0.3) is 0 Å². The predicted octanol–water partition coefficient (Wildman–Crippen LogP) is 8.17. The van der Waals surface area contributed by atoms with Crippen LogP contribution in [0.15, 0.2) is 36.4 Å². The normalized spacial score (nSPS) is 18.6. The molecule has 2 unspecified atom stereocenters. The molecule has 4 rings (SSSR count). The van der Waals surface area contributed by atoms with Crippen LogP contribution in [0.25, 0.3) is 10.1 Å². The first-order valence-corrected chi connectivity index (χ1v) is 12.4. The van der Waals surface area contributed by atoms with Crippen LogP contribution in [0.2, 0.25) is 0 Å². The average Bonchev–Trinajstić information content (AvgIpc) is 3.15. The molecule has 1 aliphatic carbocycles. The Morgan fingerprint density at radius 1 is 1.19 bits per heavy atom. The summed E-state index contributed by atoms with van der Waals surface area (Å²) < 4.78 is 12.5. The highest BCUT2D eigenvalue weighted by Crippen LogP contribution is 2.44. The Morgan fingerprint density at radius 3 is 2.66 bits per heavy atom. The van der Waals surface area contributed by atoms with Crippen LogP contribution in [0.5, 0.6) is 17.2 Å². The molecule has 1 heterocycles. The number of hydrogen-bond donors (Lipinski definition) is 1. The molecule has 170 valence electrons. The topological polar surface area (TPSA) is 55.8 Å². The third kappa shape index (κ3) is 4.78. The Hall–Kier alpha value is -2.53. The van der Waals surface area contributed by atoms with Gasteiger partial charge in [0.2, 0.25) is 0 Å². The van der Waals surface area contributed by atoms with Crippen LogP contribution < -0.4 is 9.47 Å². The summed E-state index contributed by atoms with van der Waals surface area (Å²) in [5, 5.41) is 10.5. The zero-order valence-electron chi connectivity index (χ0n) is 19.1. The molecule has 2 aromatic carbocycles. The Morgan fingerprint density at radius 2 is 1.97 bits per heavy atom. The van der Waals surface area contributed by atoms with Crippen molar-refractivity contribution >= 4 is 27.4 Å². The monoisotopic (exact) mass is 452 g/mol. The van der Waals surface area contributed by atoms with Gasteiger partial charge in [-0.15, -0.1) is 11.3 Å². The van der Waals surface area contributed by atoms with E-state index in [0.717, 1.165) is 27.3 Å². The quantitative estimate of drug-likeness (QED) is 0.374. The van der Waals surface area contributed by atoms with Gasteiger partial charge in [-0.1, -0.05) is 51.2 Å². The van der Waals surface area contributed by atoms with E-state index < -0.39 is 5.97 Å². The van der Waals surface area contributed by atoms with E-state index in [1.807, 2.05) is 31.2 Å². The van der Waals surface area contributed by atoms with Crippen molar-refractivity contribution in [1.82, 2.24) is 0 Å². The van der Waals surface area contributed by atoms with Gasteiger partial charge >= 0.3 is 5.97 Å². The molecule has 32 heavy (non-hydrogen) atoms. The van der Waals surface area contributed by atoms with Gasteiger partial charge in [-0.2, -0.15) is 0 Å². The van der Waals surface area contributed by atoms with E-state index in [9.17, 15) is 9.90 Å². The van der Waals surface area contributed by atoms with Crippen molar-refractivity contribution in [2.45, 2.75) is 64.7 Å². The number of aryl methyl sites for hydroxylation is 1. The summed E-state index contributed by atoms with van der Waals surface area (Å²) in [5.74, 6) is 2.26. The smallest absolute Gasteiger partial charge is 0.349 e. The molecule has 0 saturated heterocycles. The number of carbonyl (C=O) groups is 1. The molecular weight excluding hydrogens is 420 g/mol. The SMILES string of the molecule is CCCCC1CCCC(c2ccc(Oc3c(C(=O)O)sc4cc(C)c(OC)cc34)cc2)C1. The number of rotatable bonds is 8. The Labute approximate surface area is 194 Å². The van der Waals surface area contributed by atoms with Crippen molar-refractivity contribution in [2.75, 3.05) is 7.11 Å². The number of hydrogen-bond acceptors (Lipinski definition) is 4. The Bertz CT molecular complexity index is 1080. The molecule has 1 aliphatic rings. The number of benzene rings is 2.